The third-order valence-corrected chi connectivity index (χ3v) is 8.52. The molecule has 37 heavy (non-hydrogen) atoms. The number of carbonyl (C=O) groups is 1. The number of nitrogens with zero attached hydrogens (tertiary/aromatic N) is 4. The zero-order chi connectivity index (χ0) is 27.1. The second-order valence-electron chi connectivity index (χ2n) is 9.36. The average molecular weight is 580 g/mol. The molecule has 12 heteroatoms. The molecule has 1 atom stereocenters. The van der Waals surface area contributed by atoms with Crippen LogP contribution in [0.15, 0.2) is 71.0 Å². The maximum atomic E-state index is 14.0. The second kappa shape index (κ2) is 10.2. The van der Waals surface area contributed by atoms with E-state index in [4.69, 9.17) is 23.2 Å². The molecular weight excluding hydrogens is 555 g/mol. The van der Waals surface area contributed by atoms with E-state index in [-0.39, 0.29) is 20.6 Å². The summed E-state index contributed by atoms with van der Waals surface area (Å²) in [4.78, 5) is 21.1. The van der Waals surface area contributed by atoms with Crippen molar-refractivity contribution in [1.82, 2.24) is 14.5 Å². The van der Waals surface area contributed by atoms with Crippen LogP contribution in [-0.2, 0) is 14.8 Å². The lowest BCUT2D eigenvalue weighted by molar-refractivity contribution is -0.140. The molecule has 0 bridgehead atoms. The van der Waals surface area contributed by atoms with Gasteiger partial charge in [-0.25, -0.2) is 23.2 Å². The lowest BCUT2D eigenvalue weighted by atomic mass is 9.86. The van der Waals surface area contributed by atoms with Gasteiger partial charge in [-0.15, -0.1) is 11.8 Å². The Hall–Kier alpha value is -2.79. The number of aromatic nitrogens is 3. The molecule has 0 saturated carbocycles. The van der Waals surface area contributed by atoms with Crippen molar-refractivity contribution in [2.45, 2.75) is 36.7 Å². The molecule has 4 aromatic rings. The van der Waals surface area contributed by atoms with Crippen molar-refractivity contribution in [2.75, 3.05) is 10.6 Å². The summed E-state index contributed by atoms with van der Waals surface area (Å²) in [6, 6.07) is 9.23. The van der Waals surface area contributed by atoms with Crippen molar-refractivity contribution in [3.8, 4) is 5.82 Å². The molecule has 4 rings (SSSR count). The Morgan fingerprint density at radius 2 is 1.73 bits per heavy atom. The van der Waals surface area contributed by atoms with E-state index in [1.165, 1.54) is 30.0 Å². The van der Waals surface area contributed by atoms with Crippen LogP contribution in [0.1, 0.15) is 20.8 Å². The van der Waals surface area contributed by atoms with E-state index in [0.717, 1.165) is 14.8 Å². The largest absolute Gasteiger partial charge is 0.480 e. The van der Waals surface area contributed by atoms with E-state index in [9.17, 15) is 18.3 Å². The van der Waals surface area contributed by atoms with Crippen molar-refractivity contribution in [1.29, 1.82) is 0 Å². The standard InChI is InChI=1S/C25H24Cl2N4O4S2/c1-25(2,3)23(24(32)33)31(37(34,35)19-11-16(26)10-17(27)12-19)18-5-6-20-15(9-18)7-8-30(20)21-13-29-22(36-4)14-28-21/h5-14,23H,1-4H3,(H,32,33). The van der Waals surface area contributed by atoms with Crippen LogP contribution in [0, 0.1) is 5.41 Å². The molecular formula is C25H24Cl2N4O4S2. The number of anilines is 1. The molecule has 1 N–H and O–H groups in total. The average Bonchev–Trinajstić information content (AvgIpc) is 3.24. The molecule has 0 fully saturated rings. The molecule has 8 nitrogen and oxygen atoms in total. The van der Waals surface area contributed by atoms with Crippen LogP contribution in [0.3, 0.4) is 0 Å². The predicted molar refractivity (Wildman–Crippen MR) is 148 cm³/mol. The number of sulfonamides is 1. The number of hydrogen-bond donors (Lipinski definition) is 1. The van der Waals surface area contributed by atoms with E-state index >= 15 is 0 Å². The highest BCUT2D eigenvalue weighted by molar-refractivity contribution is 7.98. The van der Waals surface area contributed by atoms with Gasteiger partial charge in [0.1, 0.15) is 11.1 Å². The van der Waals surface area contributed by atoms with Crippen LogP contribution < -0.4 is 4.31 Å². The molecule has 1 unspecified atom stereocenters. The summed E-state index contributed by atoms with van der Waals surface area (Å²) in [5.41, 5.74) is -0.0234. The van der Waals surface area contributed by atoms with Crippen molar-refractivity contribution >= 4 is 67.5 Å². The Bertz CT molecular complexity index is 1560. The lowest BCUT2D eigenvalue weighted by Gasteiger charge is -2.37. The van der Waals surface area contributed by atoms with Gasteiger partial charge < -0.3 is 5.11 Å². The molecule has 0 aliphatic heterocycles. The van der Waals surface area contributed by atoms with Gasteiger partial charge >= 0.3 is 5.97 Å². The van der Waals surface area contributed by atoms with Gasteiger partial charge in [0.2, 0.25) is 0 Å². The number of carboxylic acids is 1. The van der Waals surface area contributed by atoms with E-state index < -0.39 is 27.4 Å². The minimum absolute atomic E-state index is 0.120. The van der Waals surface area contributed by atoms with Crippen molar-refractivity contribution in [3.63, 3.8) is 0 Å². The molecule has 0 saturated heterocycles. The normalized spacial score (nSPS) is 13.0. The predicted octanol–water partition coefficient (Wildman–Crippen LogP) is 6.14. The molecule has 0 spiro atoms. The summed E-state index contributed by atoms with van der Waals surface area (Å²) in [6.07, 6.45) is 7.03. The summed E-state index contributed by atoms with van der Waals surface area (Å²) < 4.78 is 30.7. The smallest absolute Gasteiger partial charge is 0.328 e. The third kappa shape index (κ3) is 5.43. The fraction of sp³-hybridized carbons (Fsp3) is 0.240. The van der Waals surface area contributed by atoms with Gasteiger partial charge in [0.25, 0.3) is 10.0 Å². The van der Waals surface area contributed by atoms with Crippen LogP contribution in [-0.4, -0.2) is 46.3 Å². The molecule has 2 aromatic heterocycles. The first-order valence-corrected chi connectivity index (χ1v) is 14.5. The highest BCUT2D eigenvalue weighted by Gasteiger charge is 2.43. The Labute approximate surface area is 229 Å². The van der Waals surface area contributed by atoms with E-state index in [0.29, 0.717) is 11.2 Å². The van der Waals surface area contributed by atoms with Crippen molar-refractivity contribution in [2.24, 2.45) is 5.41 Å². The summed E-state index contributed by atoms with van der Waals surface area (Å²) in [7, 11) is -4.40. The number of halogens is 2. The van der Waals surface area contributed by atoms with Gasteiger partial charge in [-0.05, 0) is 54.1 Å². The highest BCUT2D eigenvalue weighted by Crippen LogP contribution is 2.37. The zero-order valence-corrected chi connectivity index (χ0v) is 23.5. The number of benzene rings is 2. The Morgan fingerprint density at radius 1 is 1.05 bits per heavy atom. The summed E-state index contributed by atoms with van der Waals surface area (Å²) >= 11 is 13.7. The number of aliphatic carboxylic acids is 1. The summed E-state index contributed by atoms with van der Waals surface area (Å²) in [6.45, 7) is 5.02. The van der Waals surface area contributed by atoms with Crippen molar-refractivity contribution < 1.29 is 18.3 Å². The van der Waals surface area contributed by atoms with Gasteiger partial charge in [0, 0.05) is 21.6 Å². The Kier molecular flexibility index (Phi) is 7.49. The van der Waals surface area contributed by atoms with Crippen LogP contribution in [0.5, 0.6) is 0 Å². The lowest BCUT2D eigenvalue weighted by Crippen LogP contribution is -2.52. The maximum absolute atomic E-state index is 14.0. The minimum Gasteiger partial charge on any atom is -0.480 e. The fourth-order valence-electron chi connectivity index (χ4n) is 4.05. The number of thioether (sulfide) groups is 1. The van der Waals surface area contributed by atoms with Gasteiger partial charge in [0.15, 0.2) is 5.82 Å². The fourth-order valence-corrected chi connectivity index (χ4v) is 6.87. The molecule has 0 radical (unpaired) electrons. The van der Waals surface area contributed by atoms with Crippen molar-refractivity contribution in [3.05, 3.63) is 71.1 Å². The molecule has 2 aromatic carbocycles. The van der Waals surface area contributed by atoms with Crippen LogP contribution in [0.25, 0.3) is 16.7 Å². The van der Waals surface area contributed by atoms with E-state index in [1.54, 1.807) is 63.6 Å². The first kappa shape index (κ1) is 27.3. The second-order valence-corrected chi connectivity index (χ2v) is 12.9. The third-order valence-electron chi connectivity index (χ3n) is 5.68. The monoisotopic (exact) mass is 578 g/mol. The number of hydrogen-bond acceptors (Lipinski definition) is 6. The molecule has 0 amide bonds. The molecule has 194 valence electrons. The highest BCUT2D eigenvalue weighted by atomic mass is 35.5. The summed E-state index contributed by atoms with van der Waals surface area (Å²) in [5.74, 6) is -0.692. The van der Waals surface area contributed by atoms with Crippen LogP contribution in [0.4, 0.5) is 5.69 Å². The Balaban J connectivity index is 1.90. The topological polar surface area (TPSA) is 105 Å². The Morgan fingerprint density at radius 3 is 2.27 bits per heavy atom. The zero-order valence-electron chi connectivity index (χ0n) is 20.4. The SMILES string of the molecule is CSc1cnc(-n2ccc3cc(N(C(C(=O)O)C(C)(C)C)S(=O)(=O)c4cc(Cl)cc(Cl)c4)ccc32)cn1. The number of fused-ring (bicyclic) bond motifs is 1. The van der Waals surface area contributed by atoms with Crippen LogP contribution >= 0.6 is 35.0 Å². The maximum Gasteiger partial charge on any atom is 0.328 e. The summed E-state index contributed by atoms with van der Waals surface area (Å²) in [5, 5.41) is 11.9. The quantitative estimate of drug-likeness (QED) is 0.262. The first-order valence-electron chi connectivity index (χ1n) is 11.0. The van der Waals surface area contributed by atoms with E-state index in [1.807, 2.05) is 10.8 Å². The number of rotatable bonds is 7. The van der Waals surface area contributed by atoms with Gasteiger partial charge in [-0.3, -0.25) is 8.87 Å². The van der Waals surface area contributed by atoms with Gasteiger partial charge in [-0.2, -0.15) is 0 Å². The first-order chi connectivity index (χ1) is 17.3. The minimum atomic E-state index is -4.40. The molecule has 0 aliphatic rings. The van der Waals surface area contributed by atoms with Gasteiger partial charge in [0.05, 0.1) is 28.5 Å². The molecule has 0 aliphatic carbocycles. The molecule has 2 heterocycles. The van der Waals surface area contributed by atoms with Gasteiger partial charge in [-0.1, -0.05) is 44.0 Å². The van der Waals surface area contributed by atoms with Crippen LogP contribution in [0.2, 0.25) is 10.0 Å². The van der Waals surface area contributed by atoms with E-state index in [2.05, 4.69) is 9.97 Å². The number of carboxylic acid groups (broad SMARTS) is 1.